The van der Waals surface area contributed by atoms with E-state index in [1.807, 2.05) is 6.92 Å². The van der Waals surface area contributed by atoms with Gasteiger partial charge in [0.15, 0.2) is 5.96 Å². The Morgan fingerprint density at radius 3 is 2.57 bits per heavy atom. The van der Waals surface area contributed by atoms with Gasteiger partial charge in [0.05, 0.1) is 11.8 Å². The largest absolute Gasteiger partial charge is 0.357 e. The molecule has 2 fully saturated rings. The van der Waals surface area contributed by atoms with Crippen molar-refractivity contribution in [1.29, 1.82) is 0 Å². The highest BCUT2D eigenvalue weighted by atomic mass is 32.1. The van der Waals surface area contributed by atoms with E-state index in [4.69, 9.17) is 0 Å². The first-order valence-electron chi connectivity index (χ1n) is 10.2. The third-order valence-corrected chi connectivity index (χ3v) is 6.87. The van der Waals surface area contributed by atoms with E-state index in [-0.39, 0.29) is 35.5 Å². The van der Waals surface area contributed by atoms with Gasteiger partial charge in [-0.3, -0.25) is 19.5 Å². The summed E-state index contributed by atoms with van der Waals surface area (Å²) in [5.41, 5.74) is 1.30. The van der Waals surface area contributed by atoms with Gasteiger partial charge < -0.3 is 10.6 Å². The van der Waals surface area contributed by atoms with Gasteiger partial charge >= 0.3 is 0 Å². The number of allylic oxidation sites excluding steroid dienone is 2. The Balaban J connectivity index is 1.31. The standard InChI is InChI=1S/C21H28N4O2S/c1-3-22-21(24-11-13(2)16-6-9-28-12-16)23-7-8-25-19(26)17-14-4-5-15(10-14)18(17)20(25)27/h4-6,9,12-15,17-18H,3,7-8,10-11H2,1-2H3,(H2,22,23,24). The van der Waals surface area contributed by atoms with E-state index in [2.05, 4.69) is 51.5 Å². The molecule has 1 aliphatic heterocycles. The first-order chi connectivity index (χ1) is 13.6. The van der Waals surface area contributed by atoms with Gasteiger partial charge in [0.1, 0.15) is 0 Å². The van der Waals surface area contributed by atoms with Gasteiger partial charge in [-0.05, 0) is 47.6 Å². The smallest absolute Gasteiger partial charge is 0.233 e. The highest BCUT2D eigenvalue weighted by molar-refractivity contribution is 7.07. The zero-order valence-electron chi connectivity index (χ0n) is 16.4. The topological polar surface area (TPSA) is 73.8 Å². The summed E-state index contributed by atoms with van der Waals surface area (Å²) in [5.74, 6) is 1.41. The van der Waals surface area contributed by atoms with Crippen molar-refractivity contribution >= 4 is 29.1 Å². The minimum Gasteiger partial charge on any atom is -0.357 e. The second-order valence-electron chi connectivity index (χ2n) is 7.93. The Hall–Kier alpha value is -2.15. The molecule has 6 nitrogen and oxygen atoms in total. The minimum absolute atomic E-state index is 0.0154. The summed E-state index contributed by atoms with van der Waals surface area (Å²) >= 11 is 1.70. The van der Waals surface area contributed by atoms with E-state index in [0.29, 0.717) is 25.6 Å². The maximum absolute atomic E-state index is 12.7. The van der Waals surface area contributed by atoms with Crippen molar-refractivity contribution in [1.82, 2.24) is 15.5 Å². The number of fused-ring (bicyclic) bond motifs is 5. The van der Waals surface area contributed by atoms with E-state index in [0.717, 1.165) is 18.9 Å². The fourth-order valence-electron chi connectivity index (χ4n) is 4.70. The number of nitrogens with zero attached hydrogens (tertiary/aromatic N) is 2. The van der Waals surface area contributed by atoms with E-state index >= 15 is 0 Å². The van der Waals surface area contributed by atoms with Crippen molar-refractivity contribution in [3.63, 3.8) is 0 Å². The third-order valence-electron chi connectivity index (χ3n) is 6.17. The van der Waals surface area contributed by atoms with Crippen LogP contribution in [-0.4, -0.2) is 48.9 Å². The monoisotopic (exact) mass is 400 g/mol. The second-order valence-corrected chi connectivity index (χ2v) is 8.71. The normalized spacial score (nSPS) is 29.5. The lowest BCUT2D eigenvalue weighted by atomic mass is 9.85. The van der Waals surface area contributed by atoms with Crippen LogP contribution in [0.1, 0.15) is 31.7 Å². The zero-order valence-corrected chi connectivity index (χ0v) is 17.2. The van der Waals surface area contributed by atoms with Gasteiger partial charge in [-0.1, -0.05) is 19.1 Å². The van der Waals surface area contributed by atoms with E-state index in [1.54, 1.807) is 11.3 Å². The molecule has 150 valence electrons. The number of nitrogens with one attached hydrogen (secondary N) is 2. The molecular formula is C21H28N4O2S. The molecule has 1 aromatic heterocycles. The summed E-state index contributed by atoms with van der Waals surface area (Å²) in [7, 11) is 0. The van der Waals surface area contributed by atoms with E-state index in [9.17, 15) is 9.59 Å². The SMILES string of the molecule is CCNC(=NCC(C)c1ccsc1)NCCN1C(=O)C2C3C=CC(C3)C2C1=O. The Labute approximate surface area is 170 Å². The number of guanidine groups is 1. The predicted octanol–water partition coefficient (Wildman–Crippen LogP) is 2.21. The number of thiophene rings is 1. The minimum atomic E-state index is -0.115. The van der Waals surface area contributed by atoms with Crippen LogP contribution in [0, 0.1) is 23.7 Å². The average Bonchev–Trinajstić information content (AvgIpc) is 3.46. The van der Waals surface area contributed by atoms with Gasteiger partial charge in [-0.25, -0.2) is 0 Å². The van der Waals surface area contributed by atoms with Crippen LogP contribution in [-0.2, 0) is 9.59 Å². The lowest BCUT2D eigenvalue weighted by Gasteiger charge is -2.19. The van der Waals surface area contributed by atoms with Crippen molar-refractivity contribution < 1.29 is 9.59 Å². The number of likely N-dealkylation sites (tertiary alicyclic amines) is 1. The van der Waals surface area contributed by atoms with Gasteiger partial charge in [0, 0.05) is 32.1 Å². The third kappa shape index (κ3) is 3.48. The van der Waals surface area contributed by atoms with E-state index in [1.165, 1.54) is 10.5 Å². The first kappa shape index (κ1) is 19.2. The molecule has 0 radical (unpaired) electrons. The van der Waals surface area contributed by atoms with Crippen LogP contribution in [0.3, 0.4) is 0 Å². The van der Waals surface area contributed by atoms with Crippen molar-refractivity contribution in [3.8, 4) is 0 Å². The molecule has 5 unspecified atom stereocenters. The zero-order chi connectivity index (χ0) is 19.7. The molecule has 7 heteroatoms. The quantitative estimate of drug-likeness (QED) is 0.319. The number of carbonyl (C=O) groups is 2. The van der Waals surface area contributed by atoms with Gasteiger partial charge in [0.2, 0.25) is 11.8 Å². The fraction of sp³-hybridized carbons (Fsp3) is 0.571. The van der Waals surface area contributed by atoms with Crippen molar-refractivity contribution in [3.05, 3.63) is 34.5 Å². The first-order valence-corrected chi connectivity index (χ1v) is 11.1. The van der Waals surface area contributed by atoms with Gasteiger partial charge in [-0.15, -0.1) is 0 Å². The van der Waals surface area contributed by atoms with Crippen LogP contribution >= 0.6 is 11.3 Å². The Bertz CT molecular complexity index is 758. The second kappa shape index (κ2) is 8.07. The molecule has 1 saturated carbocycles. The van der Waals surface area contributed by atoms with Crippen LogP contribution in [0.5, 0.6) is 0 Å². The molecule has 0 aromatic carbocycles. The number of aliphatic imine (C=N–C) groups is 1. The number of amides is 2. The van der Waals surface area contributed by atoms with Crippen molar-refractivity contribution in [2.45, 2.75) is 26.2 Å². The summed E-state index contributed by atoms with van der Waals surface area (Å²) in [4.78, 5) is 31.6. The Morgan fingerprint density at radius 1 is 1.25 bits per heavy atom. The summed E-state index contributed by atoms with van der Waals surface area (Å²) in [6, 6.07) is 2.13. The number of rotatable bonds is 7. The summed E-state index contributed by atoms with van der Waals surface area (Å²) in [5, 5.41) is 10.8. The van der Waals surface area contributed by atoms with Crippen LogP contribution < -0.4 is 10.6 Å². The molecule has 5 atom stereocenters. The Morgan fingerprint density at radius 2 is 1.96 bits per heavy atom. The highest BCUT2D eigenvalue weighted by Crippen LogP contribution is 2.52. The average molecular weight is 401 g/mol. The molecule has 2 amide bonds. The number of carbonyl (C=O) groups excluding carboxylic acids is 2. The van der Waals surface area contributed by atoms with Gasteiger partial charge in [-0.2, -0.15) is 11.3 Å². The summed E-state index contributed by atoms with van der Waals surface area (Å²) < 4.78 is 0. The molecular weight excluding hydrogens is 372 g/mol. The molecule has 0 spiro atoms. The number of hydrogen-bond acceptors (Lipinski definition) is 4. The van der Waals surface area contributed by atoms with Crippen LogP contribution in [0.4, 0.5) is 0 Å². The molecule has 2 N–H and O–H groups in total. The Kier molecular flexibility index (Phi) is 5.53. The molecule has 2 heterocycles. The molecule has 1 aromatic rings. The maximum Gasteiger partial charge on any atom is 0.233 e. The predicted molar refractivity (Wildman–Crippen MR) is 111 cm³/mol. The van der Waals surface area contributed by atoms with Crippen LogP contribution in [0.25, 0.3) is 0 Å². The van der Waals surface area contributed by atoms with Crippen LogP contribution in [0.2, 0.25) is 0 Å². The van der Waals surface area contributed by atoms with Crippen molar-refractivity contribution in [2.75, 3.05) is 26.2 Å². The lowest BCUT2D eigenvalue weighted by molar-refractivity contribution is -0.140. The maximum atomic E-state index is 12.7. The van der Waals surface area contributed by atoms with Crippen molar-refractivity contribution in [2.24, 2.45) is 28.7 Å². The molecule has 4 rings (SSSR count). The highest BCUT2D eigenvalue weighted by Gasteiger charge is 2.58. The van der Waals surface area contributed by atoms with E-state index < -0.39 is 0 Å². The number of hydrogen-bond donors (Lipinski definition) is 2. The molecule has 2 aliphatic carbocycles. The summed E-state index contributed by atoms with van der Waals surface area (Å²) in [6.07, 6.45) is 5.23. The fourth-order valence-corrected chi connectivity index (χ4v) is 5.48. The molecule has 3 aliphatic rings. The van der Waals surface area contributed by atoms with Crippen LogP contribution in [0.15, 0.2) is 34.0 Å². The molecule has 28 heavy (non-hydrogen) atoms. The molecule has 1 saturated heterocycles. The summed E-state index contributed by atoms with van der Waals surface area (Å²) in [6.45, 7) is 6.55. The molecule has 2 bridgehead atoms. The lowest BCUT2D eigenvalue weighted by Crippen LogP contribution is -2.43. The number of imide groups is 1. The van der Waals surface area contributed by atoms with Gasteiger partial charge in [0.25, 0.3) is 0 Å².